The monoisotopic (exact) mass is 668 g/mol. The SMILES string of the molecule is N#Cc1ccc(CN(C(=O)CCC(=O)NCc2ccc(F)c(F)c2)c2ccccc2Oc2cccc(CN)c2)cc1.O=C(O)C(F)(F)F. The minimum absolute atomic E-state index is 0.00227. The number of nitrogens with zero attached hydrogens (tertiary/aromatic N) is 2. The van der Waals surface area contributed by atoms with E-state index in [0.29, 0.717) is 34.9 Å². The van der Waals surface area contributed by atoms with Crippen molar-refractivity contribution in [2.75, 3.05) is 4.90 Å². The smallest absolute Gasteiger partial charge is 0.475 e. The first-order valence-electron chi connectivity index (χ1n) is 14.2. The summed E-state index contributed by atoms with van der Waals surface area (Å²) in [6.45, 7) is 0.516. The maximum Gasteiger partial charge on any atom is 0.490 e. The van der Waals surface area contributed by atoms with E-state index in [1.54, 1.807) is 54.6 Å². The molecular weight excluding hydrogens is 639 g/mol. The van der Waals surface area contributed by atoms with Gasteiger partial charge in [-0.2, -0.15) is 18.4 Å². The lowest BCUT2D eigenvalue weighted by Crippen LogP contribution is -2.32. The Morgan fingerprint density at radius 1 is 0.854 bits per heavy atom. The van der Waals surface area contributed by atoms with Crippen molar-refractivity contribution < 1.29 is 46.2 Å². The van der Waals surface area contributed by atoms with E-state index in [4.69, 9.17) is 25.6 Å². The van der Waals surface area contributed by atoms with Gasteiger partial charge in [0.15, 0.2) is 17.4 Å². The highest BCUT2D eigenvalue weighted by molar-refractivity contribution is 5.96. The molecule has 0 fully saturated rings. The Balaban J connectivity index is 0.000000804. The number of nitrogens with two attached hydrogens (primary N) is 1. The zero-order chi connectivity index (χ0) is 35.3. The highest BCUT2D eigenvalue weighted by atomic mass is 19.4. The van der Waals surface area contributed by atoms with E-state index in [-0.39, 0.29) is 31.8 Å². The zero-order valence-corrected chi connectivity index (χ0v) is 25.1. The van der Waals surface area contributed by atoms with Crippen molar-refractivity contribution in [2.24, 2.45) is 5.73 Å². The number of hydrogen-bond acceptors (Lipinski definition) is 6. The predicted molar refractivity (Wildman–Crippen MR) is 164 cm³/mol. The number of ether oxygens (including phenoxy) is 1. The van der Waals surface area contributed by atoms with Gasteiger partial charge in [0.1, 0.15) is 5.75 Å². The Kier molecular flexibility index (Phi) is 13.1. The van der Waals surface area contributed by atoms with Gasteiger partial charge in [-0.3, -0.25) is 9.59 Å². The lowest BCUT2D eigenvalue weighted by molar-refractivity contribution is -0.192. The molecule has 250 valence electrons. The average Bonchev–Trinajstić information content (AvgIpc) is 3.07. The van der Waals surface area contributed by atoms with Crippen LogP contribution in [0.3, 0.4) is 0 Å². The molecule has 0 saturated heterocycles. The predicted octanol–water partition coefficient (Wildman–Crippen LogP) is 6.35. The number of carboxylic acids is 1. The molecule has 9 nitrogen and oxygen atoms in total. The van der Waals surface area contributed by atoms with Crippen molar-refractivity contribution in [1.82, 2.24) is 5.32 Å². The minimum Gasteiger partial charge on any atom is -0.475 e. The fraction of sp³-hybridized carbons (Fsp3) is 0.176. The molecular formula is C34H29F5N4O5. The van der Waals surface area contributed by atoms with Crippen LogP contribution in [0.1, 0.15) is 35.1 Å². The molecule has 4 aromatic rings. The standard InChI is InChI=1S/C32H28F2N4O3.C2HF3O2/c33-27-13-12-25(17-28(27)34)20-37-31(39)14-15-32(40)38(21-23-10-8-22(18-35)9-11-23)29-6-1-2-7-30(29)41-26-5-3-4-24(16-26)19-36;3-2(4,5)1(6)7/h1-13,16-17H,14-15,19-21,36H2,(H,37,39);(H,6,7). The van der Waals surface area contributed by atoms with Gasteiger partial charge in [-0.05, 0) is 65.2 Å². The van der Waals surface area contributed by atoms with Gasteiger partial charge in [0, 0.05) is 25.9 Å². The van der Waals surface area contributed by atoms with Crippen molar-refractivity contribution in [3.05, 3.63) is 125 Å². The molecule has 0 heterocycles. The first-order chi connectivity index (χ1) is 22.8. The third-order valence-corrected chi connectivity index (χ3v) is 6.52. The van der Waals surface area contributed by atoms with Crippen LogP contribution in [0.4, 0.5) is 27.6 Å². The Labute approximate surface area is 272 Å². The molecule has 0 saturated carbocycles. The van der Waals surface area contributed by atoms with E-state index in [2.05, 4.69) is 11.4 Å². The van der Waals surface area contributed by atoms with Crippen LogP contribution in [0.5, 0.6) is 11.5 Å². The molecule has 0 aliphatic carbocycles. The summed E-state index contributed by atoms with van der Waals surface area (Å²) in [4.78, 5) is 36.5. The third kappa shape index (κ3) is 11.2. The summed E-state index contributed by atoms with van der Waals surface area (Å²) in [6.07, 6.45) is -5.31. The summed E-state index contributed by atoms with van der Waals surface area (Å²) >= 11 is 0. The van der Waals surface area contributed by atoms with E-state index < -0.39 is 29.7 Å². The number of nitriles is 1. The number of carbonyl (C=O) groups excluding carboxylic acids is 2. The molecule has 4 rings (SSSR count). The molecule has 4 N–H and O–H groups in total. The van der Waals surface area contributed by atoms with E-state index in [0.717, 1.165) is 23.3 Å². The van der Waals surface area contributed by atoms with Gasteiger partial charge < -0.3 is 25.8 Å². The van der Waals surface area contributed by atoms with Gasteiger partial charge in [0.25, 0.3) is 0 Å². The minimum atomic E-state index is -5.08. The largest absolute Gasteiger partial charge is 0.490 e. The van der Waals surface area contributed by atoms with E-state index in [1.165, 1.54) is 11.0 Å². The van der Waals surface area contributed by atoms with Gasteiger partial charge in [-0.25, -0.2) is 13.6 Å². The molecule has 0 aromatic heterocycles. The molecule has 0 aliphatic heterocycles. The summed E-state index contributed by atoms with van der Waals surface area (Å²) in [5, 5.41) is 18.9. The number of carbonyl (C=O) groups is 3. The molecule has 2 amide bonds. The molecule has 48 heavy (non-hydrogen) atoms. The van der Waals surface area contributed by atoms with Crippen molar-refractivity contribution in [1.29, 1.82) is 5.26 Å². The number of nitrogens with one attached hydrogen (secondary N) is 1. The summed E-state index contributed by atoms with van der Waals surface area (Å²) in [7, 11) is 0. The lowest BCUT2D eigenvalue weighted by Gasteiger charge is -2.25. The second kappa shape index (κ2) is 17.2. The molecule has 4 aromatic carbocycles. The zero-order valence-electron chi connectivity index (χ0n) is 25.1. The summed E-state index contributed by atoms with van der Waals surface area (Å²) in [6, 6.07) is 26.7. The maximum absolute atomic E-state index is 13.6. The van der Waals surface area contributed by atoms with Crippen LogP contribution in [-0.2, 0) is 34.0 Å². The number of benzene rings is 4. The number of halogens is 5. The van der Waals surface area contributed by atoms with Gasteiger partial charge in [-0.15, -0.1) is 0 Å². The number of anilines is 1. The molecule has 0 aliphatic rings. The van der Waals surface area contributed by atoms with Gasteiger partial charge in [0.2, 0.25) is 11.8 Å². The molecule has 14 heteroatoms. The third-order valence-electron chi connectivity index (χ3n) is 6.52. The number of hydrogen-bond donors (Lipinski definition) is 3. The van der Waals surface area contributed by atoms with Crippen LogP contribution >= 0.6 is 0 Å². The molecule has 0 radical (unpaired) electrons. The number of rotatable bonds is 11. The number of carboxylic acid groups (broad SMARTS) is 1. The van der Waals surface area contributed by atoms with Gasteiger partial charge in [-0.1, -0.05) is 42.5 Å². The number of amides is 2. The van der Waals surface area contributed by atoms with Crippen molar-refractivity contribution in [3.8, 4) is 17.6 Å². The van der Waals surface area contributed by atoms with Gasteiger partial charge >= 0.3 is 12.1 Å². The molecule has 0 spiro atoms. The second-order valence-electron chi connectivity index (χ2n) is 10.0. The van der Waals surface area contributed by atoms with Crippen LogP contribution < -0.4 is 20.7 Å². The van der Waals surface area contributed by atoms with Gasteiger partial charge in [0.05, 0.1) is 23.9 Å². The Morgan fingerprint density at radius 2 is 1.52 bits per heavy atom. The summed E-state index contributed by atoms with van der Waals surface area (Å²) < 4.78 is 64.5. The fourth-order valence-electron chi connectivity index (χ4n) is 4.10. The number of para-hydroxylation sites is 2. The number of alkyl halides is 3. The topological polar surface area (TPSA) is 146 Å². The van der Waals surface area contributed by atoms with Crippen molar-refractivity contribution in [3.63, 3.8) is 0 Å². The van der Waals surface area contributed by atoms with Crippen LogP contribution in [-0.4, -0.2) is 29.1 Å². The highest BCUT2D eigenvalue weighted by Crippen LogP contribution is 2.34. The van der Waals surface area contributed by atoms with Crippen LogP contribution in [0.15, 0.2) is 91.0 Å². The van der Waals surface area contributed by atoms with Crippen LogP contribution in [0, 0.1) is 23.0 Å². The highest BCUT2D eigenvalue weighted by Gasteiger charge is 2.38. The van der Waals surface area contributed by atoms with E-state index >= 15 is 0 Å². The van der Waals surface area contributed by atoms with Crippen molar-refractivity contribution in [2.45, 2.75) is 38.7 Å². The van der Waals surface area contributed by atoms with E-state index in [1.807, 2.05) is 18.2 Å². The number of aliphatic carboxylic acids is 1. The average molecular weight is 669 g/mol. The van der Waals surface area contributed by atoms with Crippen molar-refractivity contribution >= 4 is 23.5 Å². The van der Waals surface area contributed by atoms with E-state index in [9.17, 15) is 31.5 Å². The summed E-state index contributed by atoms with van der Waals surface area (Å²) in [5.74, 6) is -4.47. The first kappa shape index (κ1) is 36.7. The molecule has 0 atom stereocenters. The Hall–Kier alpha value is -5.81. The molecule has 0 bridgehead atoms. The normalized spacial score (nSPS) is 10.6. The first-order valence-corrected chi connectivity index (χ1v) is 14.2. The second-order valence-corrected chi connectivity index (χ2v) is 10.0. The fourth-order valence-corrected chi connectivity index (χ4v) is 4.10. The Morgan fingerprint density at radius 3 is 2.15 bits per heavy atom. The van der Waals surface area contributed by atoms with Crippen LogP contribution in [0.2, 0.25) is 0 Å². The lowest BCUT2D eigenvalue weighted by atomic mass is 10.1. The quantitative estimate of drug-likeness (QED) is 0.158. The summed E-state index contributed by atoms with van der Waals surface area (Å²) in [5.41, 5.74) is 8.83. The molecule has 0 unspecified atom stereocenters. The van der Waals surface area contributed by atoms with Crippen LogP contribution in [0.25, 0.3) is 0 Å². The maximum atomic E-state index is 13.6. The Bertz CT molecular complexity index is 1780.